The van der Waals surface area contributed by atoms with Crippen LogP contribution in [0.1, 0.15) is 11.1 Å². The molecule has 0 nitrogen and oxygen atoms in total. The molecule has 0 saturated carbocycles. The highest BCUT2D eigenvalue weighted by Crippen LogP contribution is 2.27. The lowest BCUT2D eigenvalue weighted by Gasteiger charge is -2.06. The molecule has 0 spiro atoms. The Morgan fingerprint density at radius 2 is 1.77 bits per heavy atom. The summed E-state index contributed by atoms with van der Waals surface area (Å²) in [6.07, 6.45) is 0. The van der Waals surface area contributed by atoms with Gasteiger partial charge < -0.3 is 0 Å². The molecule has 0 aliphatic rings. The van der Waals surface area contributed by atoms with Gasteiger partial charge in [0.05, 0.1) is 0 Å². The van der Waals surface area contributed by atoms with E-state index in [0.29, 0.717) is 0 Å². The van der Waals surface area contributed by atoms with Crippen molar-refractivity contribution in [2.75, 3.05) is 0 Å². The van der Waals surface area contributed by atoms with E-state index in [-0.39, 0.29) is 0 Å². The second kappa shape index (κ2) is 3.04. The van der Waals surface area contributed by atoms with E-state index in [1.165, 1.54) is 21.9 Å². The first-order chi connectivity index (χ1) is 6.20. The largest absolute Gasteiger partial charge is 0.0840 e. The molecular weight excluding hydrogens is 180 g/mol. The zero-order chi connectivity index (χ0) is 9.42. The standard InChI is InChI=1S/C12H11Cl/c1-8-4-3-5-10-6-7-11(13)9(2)12(8)10/h3-7H,1-2H3. The number of benzene rings is 2. The van der Waals surface area contributed by atoms with Crippen molar-refractivity contribution in [1.82, 2.24) is 0 Å². The third-order valence-corrected chi connectivity index (χ3v) is 2.86. The summed E-state index contributed by atoms with van der Waals surface area (Å²) in [4.78, 5) is 0. The van der Waals surface area contributed by atoms with Gasteiger partial charge in [-0.1, -0.05) is 35.9 Å². The normalized spacial score (nSPS) is 10.7. The summed E-state index contributed by atoms with van der Waals surface area (Å²) in [5.41, 5.74) is 2.47. The molecule has 0 saturated heterocycles. The smallest absolute Gasteiger partial charge is 0.0441 e. The minimum absolute atomic E-state index is 0.849. The summed E-state index contributed by atoms with van der Waals surface area (Å²) >= 11 is 6.06. The van der Waals surface area contributed by atoms with Crippen molar-refractivity contribution in [2.45, 2.75) is 13.8 Å². The Morgan fingerprint density at radius 3 is 2.54 bits per heavy atom. The SMILES string of the molecule is Cc1cccc2ccc(Cl)c(C)c12. The highest BCUT2D eigenvalue weighted by molar-refractivity contribution is 6.32. The summed E-state index contributed by atoms with van der Waals surface area (Å²) in [6.45, 7) is 4.18. The molecule has 0 radical (unpaired) electrons. The van der Waals surface area contributed by atoms with Crippen LogP contribution < -0.4 is 0 Å². The van der Waals surface area contributed by atoms with E-state index in [1.54, 1.807) is 0 Å². The number of rotatable bonds is 0. The molecule has 0 aliphatic heterocycles. The van der Waals surface area contributed by atoms with Crippen molar-refractivity contribution < 1.29 is 0 Å². The van der Waals surface area contributed by atoms with Gasteiger partial charge in [-0.25, -0.2) is 0 Å². The third-order valence-electron chi connectivity index (χ3n) is 2.45. The van der Waals surface area contributed by atoms with Crippen LogP contribution >= 0.6 is 11.6 Å². The predicted octanol–water partition coefficient (Wildman–Crippen LogP) is 4.11. The van der Waals surface area contributed by atoms with Crippen LogP contribution in [-0.2, 0) is 0 Å². The van der Waals surface area contributed by atoms with Gasteiger partial charge in [0.2, 0.25) is 0 Å². The number of hydrogen-bond acceptors (Lipinski definition) is 0. The highest BCUT2D eigenvalue weighted by atomic mass is 35.5. The molecule has 0 atom stereocenters. The fourth-order valence-electron chi connectivity index (χ4n) is 1.75. The zero-order valence-corrected chi connectivity index (χ0v) is 8.52. The molecule has 2 rings (SSSR count). The predicted molar refractivity (Wildman–Crippen MR) is 58.4 cm³/mol. The lowest BCUT2D eigenvalue weighted by atomic mass is 10.0. The Hall–Kier alpha value is -1.01. The second-order valence-electron chi connectivity index (χ2n) is 3.35. The monoisotopic (exact) mass is 190 g/mol. The van der Waals surface area contributed by atoms with E-state index < -0.39 is 0 Å². The molecule has 2 aromatic carbocycles. The van der Waals surface area contributed by atoms with Crippen LogP contribution in [0.4, 0.5) is 0 Å². The summed E-state index contributed by atoms with van der Waals surface area (Å²) in [6, 6.07) is 10.3. The fraction of sp³-hybridized carbons (Fsp3) is 0.167. The molecule has 0 amide bonds. The number of hydrogen-bond donors (Lipinski definition) is 0. The van der Waals surface area contributed by atoms with Gasteiger partial charge in [0.25, 0.3) is 0 Å². The van der Waals surface area contributed by atoms with E-state index in [4.69, 9.17) is 11.6 Å². The van der Waals surface area contributed by atoms with Gasteiger partial charge in [0.15, 0.2) is 0 Å². The third kappa shape index (κ3) is 1.31. The quantitative estimate of drug-likeness (QED) is 0.587. The molecule has 66 valence electrons. The Bertz CT molecular complexity index is 458. The molecule has 0 fully saturated rings. The maximum Gasteiger partial charge on any atom is 0.0441 e. The fourth-order valence-corrected chi connectivity index (χ4v) is 1.91. The average Bonchev–Trinajstić information content (AvgIpc) is 2.12. The molecule has 0 unspecified atom stereocenters. The Balaban J connectivity index is 2.97. The minimum Gasteiger partial charge on any atom is -0.0840 e. The maximum absolute atomic E-state index is 6.06. The Kier molecular flexibility index (Phi) is 2.01. The lowest BCUT2D eigenvalue weighted by molar-refractivity contribution is 1.46. The summed E-state index contributed by atoms with van der Waals surface area (Å²) in [7, 11) is 0. The van der Waals surface area contributed by atoms with Gasteiger partial charge in [-0.3, -0.25) is 0 Å². The topological polar surface area (TPSA) is 0 Å². The van der Waals surface area contributed by atoms with Crippen LogP contribution in [0.25, 0.3) is 10.8 Å². The average molecular weight is 191 g/mol. The molecule has 2 aromatic rings. The van der Waals surface area contributed by atoms with E-state index in [0.717, 1.165) is 5.02 Å². The summed E-state index contributed by atoms with van der Waals surface area (Å²) < 4.78 is 0. The van der Waals surface area contributed by atoms with E-state index in [2.05, 4.69) is 38.1 Å². The molecule has 13 heavy (non-hydrogen) atoms. The van der Waals surface area contributed by atoms with Crippen molar-refractivity contribution in [1.29, 1.82) is 0 Å². The van der Waals surface area contributed by atoms with Crippen molar-refractivity contribution in [3.63, 3.8) is 0 Å². The number of fused-ring (bicyclic) bond motifs is 1. The minimum atomic E-state index is 0.849. The first-order valence-corrected chi connectivity index (χ1v) is 4.72. The van der Waals surface area contributed by atoms with Crippen LogP contribution in [0.2, 0.25) is 5.02 Å². The van der Waals surface area contributed by atoms with Crippen LogP contribution in [0, 0.1) is 13.8 Å². The Labute approximate surface area is 83.1 Å². The zero-order valence-electron chi connectivity index (χ0n) is 7.76. The van der Waals surface area contributed by atoms with E-state index in [9.17, 15) is 0 Å². The molecule has 0 bridgehead atoms. The van der Waals surface area contributed by atoms with Crippen molar-refractivity contribution in [2.24, 2.45) is 0 Å². The van der Waals surface area contributed by atoms with Crippen LogP contribution in [0.15, 0.2) is 30.3 Å². The number of halogens is 1. The summed E-state index contributed by atoms with van der Waals surface area (Å²) in [5, 5.41) is 3.40. The van der Waals surface area contributed by atoms with Gasteiger partial charge in [0.1, 0.15) is 0 Å². The second-order valence-corrected chi connectivity index (χ2v) is 3.75. The first kappa shape index (κ1) is 8.58. The molecule has 0 N–H and O–H groups in total. The molecule has 1 heteroatoms. The van der Waals surface area contributed by atoms with E-state index in [1.807, 2.05) is 6.07 Å². The highest BCUT2D eigenvalue weighted by Gasteiger charge is 2.02. The number of aryl methyl sites for hydroxylation is 2. The molecule has 0 aromatic heterocycles. The summed E-state index contributed by atoms with van der Waals surface area (Å²) in [5.74, 6) is 0. The first-order valence-electron chi connectivity index (χ1n) is 4.34. The van der Waals surface area contributed by atoms with Crippen molar-refractivity contribution >= 4 is 22.4 Å². The van der Waals surface area contributed by atoms with Crippen molar-refractivity contribution in [3.05, 3.63) is 46.5 Å². The molecule has 0 aliphatic carbocycles. The van der Waals surface area contributed by atoms with Crippen LogP contribution in [0.3, 0.4) is 0 Å². The van der Waals surface area contributed by atoms with Gasteiger partial charge in [-0.2, -0.15) is 0 Å². The van der Waals surface area contributed by atoms with Gasteiger partial charge in [-0.15, -0.1) is 0 Å². The van der Waals surface area contributed by atoms with Crippen molar-refractivity contribution in [3.8, 4) is 0 Å². The Morgan fingerprint density at radius 1 is 1.00 bits per heavy atom. The molecular formula is C12H11Cl. The molecule has 0 heterocycles. The lowest BCUT2D eigenvalue weighted by Crippen LogP contribution is -1.83. The van der Waals surface area contributed by atoms with Gasteiger partial charge in [0, 0.05) is 5.02 Å². The van der Waals surface area contributed by atoms with Crippen LogP contribution in [0.5, 0.6) is 0 Å². The maximum atomic E-state index is 6.06. The van der Waals surface area contributed by atoms with Crippen LogP contribution in [-0.4, -0.2) is 0 Å². The van der Waals surface area contributed by atoms with E-state index >= 15 is 0 Å². The van der Waals surface area contributed by atoms with Gasteiger partial charge in [-0.05, 0) is 41.8 Å². The van der Waals surface area contributed by atoms with Gasteiger partial charge >= 0.3 is 0 Å².